The van der Waals surface area contributed by atoms with Crippen molar-refractivity contribution < 1.29 is 9.31 Å². The molecule has 1 aromatic carbocycles. The average molecular weight is 345 g/mol. The maximum absolute atomic E-state index is 13.1. The number of nitrogens with zero attached hydrogens (tertiary/aromatic N) is 1. The highest BCUT2D eigenvalue weighted by molar-refractivity contribution is 9.11. The third-order valence-electron chi connectivity index (χ3n) is 2.48. The second-order valence-electron chi connectivity index (χ2n) is 3.84. The third kappa shape index (κ3) is 3.82. The van der Waals surface area contributed by atoms with Gasteiger partial charge in [0.25, 0.3) is 5.69 Å². The van der Waals surface area contributed by atoms with Crippen molar-refractivity contribution in [3.8, 4) is 0 Å². The normalized spacial score (nSPS) is 10.6. The van der Waals surface area contributed by atoms with E-state index < -0.39 is 10.7 Å². The van der Waals surface area contributed by atoms with E-state index in [0.29, 0.717) is 12.1 Å². The summed E-state index contributed by atoms with van der Waals surface area (Å²) in [7, 11) is 0. The van der Waals surface area contributed by atoms with E-state index in [2.05, 4.69) is 21.2 Å². The van der Waals surface area contributed by atoms with Crippen LogP contribution >= 0.6 is 27.3 Å². The van der Waals surface area contributed by atoms with Crippen molar-refractivity contribution in [2.24, 2.45) is 0 Å². The summed E-state index contributed by atoms with van der Waals surface area (Å²) in [6.45, 7) is 0.841. The minimum atomic E-state index is -0.502. The largest absolute Gasteiger partial charge is 0.308 e. The Hall–Kier alpha value is -1.31. The average Bonchev–Trinajstić information content (AvgIpc) is 2.75. The van der Waals surface area contributed by atoms with Crippen molar-refractivity contribution in [1.82, 2.24) is 5.32 Å². The molecule has 0 radical (unpaired) electrons. The van der Waals surface area contributed by atoms with Gasteiger partial charge in [-0.2, -0.15) is 0 Å². The number of nitro benzene ring substituents is 1. The Labute approximate surface area is 121 Å². The van der Waals surface area contributed by atoms with Gasteiger partial charge in [0.05, 0.1) is 8.71 Å². The van der Waals surface area contributed by atoms with Gasteiger partial charge in [-0.05, 0) is 40.2 Å². The fourth-order valence-electron chi connectivity index (χ4n) is 1.64. The molecule has 0 aliphatic rings. The summed E-state index contributed by atoms with van der Waals surface area (Å²) in [5.41, 5.74) is 0.280. The van der Waals surface area contributed by atoms with E-state index in [1.54, 1.807) is 11.3 Å². The number of benzene rings is 1. The van der Waals surface area contributed by atoms with Crippen molar-refractivity contribution in [2.75, 3.05) is 0 Å². The quantitative estimate of drug-likeness (QED) is 0.662. The van der Waals surface area contributed by atoms with E-state index in [-0.39, 0.29) is 12.2 Å². The zero-order valence-electron chi connectivity index (χ0n) is 9.73. The number of nitro groups is 1. The molecule has 0 aliphatic carbocycles. The lowest BCUT2D eigenvalue weighted by Gasteiger charge is -2.04. The van der Waals surface area contributed by atoms with Crippen LogP contribution in [-0.2, 0) is 13.1 Å². The van der Waals surface area contributed by atoms with Crippen LogP contribution in [0.25, 0.3) is 0 Å². The Morgan fingerprint density at radius 3 is 2.74 bits per heavy atom. The molecule has 2 aromatic rings. The number of rotatable bonds is 5. The zero-order valence-corrected chi connectivity index (χ0v) is 12.1. The van der Waals surface area contributed by atoms with Crippen LogP contribution in [0.2, 0.25) is 0 Å². The van der Waals surface area contributed by atoms with Gasteiger partial charge in [-0.3, -0.25) is 10.1 Å². The van der Waals surface area contributed by atoms with Gasteiger partial charge in [-0.15, -0.1) is 11.3 Å². The fraction of sp³-hybridized carbons (Fsp3) is 0.167. The molecule has 4 nitrogen and oxygen atoms in total. The molecular weight excluding hydrogens is 335 g/mol. The van der Waals surface area contributed by atoms with Crippen LogP contribution in [0.1, 0.15) is 10.4 Å². The van der Waals surface area contributed by atoms with E-state index in [1.807, 2.05) is 12.1 Å². The summed E-state index contributed by atoms with van der Waals surface area (Å²) in [4.78, 5) is 11.4. The van der Waals surface area contributed by atoms with Gasteiger partial charge in [0.15, 0.2) is 0 Å². The fourth-order valence-corrected chi connectivity index (χ4v) is 3.09. The number of hydrogen-bond donors (Lipinski definition) is 1. The van der Waals surface area contributed by atoms with Crippen LogP contribution in [0, 0.1) is 15.9 Å². The second kappa shape index (κ2) is 6.23. The molecule has 1 aromatic heterocycles. The summed E-state index contributed by atoms with van der Waals surface area (Å²) in [5, 5.41) is 13.9. The van der Waals surface area contributed by atoms with Crippen LogP contribution in [0.4, 0.5) is 10.1 Å². The molecule has 0 spiro atoms. The lowest BCUT2D eigenvalue weighted by atomic mass is 10.1. The molecule has 0 fully saturated rings. The Kier molecular flexibility index (Phi) is 4.62. The zero-order chi connectivity index (χ0) is 13.8. The predicted molar refractivity (Wildman–Crippen MR) is 75.6 cm³/mol. The molecule has 0 unspecified atom stereocenters. The first-order valence-electron chi connectivity index (χ1n) is 5.44. The van der Waals surface area contributed by atoms with Crippen molar-refractivity contribution >= 4 is 33.0 Å². The third-order valence-corrected chi connectivity index (χ3v) is 4.11. The molecule has 0 atom stereocenters. The number of halogens is 2. The summed E-state index contributed by atoms with van der Waals surface area (Å²) in [6, 6.07) is 7.37. The van der Waals surface area contributed by atoms with Crippen molar-refractivity contribution in [1.29, 1.82) is 0 Å². The van der Waals surface area contributed by atoms with Crippen LogP contribution < -0.4 is 5.32 Å². The van der Waals surface area contributed by atoms with Gasteiger partial charge >= 0.3 is 0 Å². The molecule has 0 saturated carbocycles. The molecule has 1 N–H and O–H groups in total. The SMILES string of the molecule is O=[N+]([O-])c1ccc(F)cc1CNCc1ccc(Br)s1. The standard InChI is InChI=1S/C12H10BrFN2O2S/c13-12-4-2-10(19-12)7-15-6-8-5-9(14)1-3-11(8)16(17)18/h1-5,15H,6-7H2. The number of thiophene rings is 1. The Morgan fingerprint density at radius 2 is 2.11 bits per heavy atom. The van der Waals surface area contributed by atoms with Crippen LogP contribution in [0.5, 0.6) is 0 Å². The lowest BCUT2D eigenvalue weighted by molar-refractivity contribution is -0.385. The van der Waals surface area contributed by atoms with Gasteiger partial charge < -0.3 is 5.32 Å². The van der Waals surface area contributed by atoms with Crippen LogP contribution in [0.15, 0.2) is 34.1 Å². The van der Waals surface area contributed by atoms with E-state index in [9.17, 15) is 14.5 Å². The van der Waals surface area contributed by atoms with Crippen molar-refractivity contribution in [2.45, 2.75) is 13.1 Å². The minimum absolute atomic E-state index is 0.0683. The molecule has 0 amide bonds. The maximum atomic E-state index is 13.1. The lowest BCUT2D eigenvalue weighted by Crippen LogP contribution is -2.13. The molecule has 100 valence electrons. The molecule has 2 rings (SSSR count). The van der Waals surface area contributed by atoms with Crippen molar-refractivity contribution in [3.05, 3.63) is 60.5 Å². The maximum Gasteiger partial charge on any atom is 0.274 e. The molecule has 0 bridgehead atoms. The summed E-state index contributed by atoms with van der Waals surface area (Å²) < 4.78 is 14.1. The summed E-state index contributed by atoms with van der Waals surface area (Å²) in [5.74, 6) is -0.471. The van der Waals surface area contributed by atoms with Crippen LogP contribution in [-0.4, -0.2) is 4.92 Å². The highest BCUT2D eigenvalue weighted by atomic mass is 79.9. The number of nitrogens with one attached hydrogen (secondary N) is 1. The molecule has 0 saturated heterocycles. The van der Waals surface area contributed by atoms with Crippen LogP contribution in [0.3, 0.4) is 0 Å². The Bertz CT molecular complexity index is 603. The number of hydrogen-bond acceptors (Lipinski definition) is 4. The van der Waals surface area contributed by atoms with E-state index in [0.717, 1.165) is 14.7 Å². The minimum Gasteiger partial charge on any atom is -0.308 e. The van der Waals surface area contributed by atoms with E-state index in [1.165, 1.54) is 12.1 Å². The first kappa shape index (κ1) is 14.1. The summed E-state index contributed by atoms with van der Waals surface area (Å²) in [6.07, 6.45) is 0. The topological polar surface area (TPSA) is 55.2 Å². The summed E-state index contributed by atoms with van der Waals surface area (Å²) >= 11 is 4.94. The van der Waals surface area contributed by atoms with Gasteiger partial charge in [0.2, 0.25) is 0 Å². The highest BCUT2D eigenvalue weighted by Gasteiger charge is 2.13. The smallest absolute Gasteiger partial charge is 0.274 e. The molecule has 19 heavy (non-hydrogen) atoms. The van der Waals surface area contributed by atoms with Gasteiger partial charge in [-0.1, -0.05) is 0 Å². The molecular formula is C12H10BrFN2O2S. The first-order valence-corrected chi connectivity index (χ1v) is 7.05. The first-order chi connectivity index (χ1) is 9.06. The second-order valence-corrected chi connectivity index (χ2v) is 6.39. The van der Waals surface area contributed by atoms with Gasteiger partial charge in [0.1, 0.15) is 5.82 Å². The van der Waals surface area contributed by atoms with E-state index >= 15 is 0 Å². The predicted octanol–water partition coefficient (Wildman–Crippen LogP) is 3.85. The highest BCUT2D eigenvalue weighted by Crippen LogP contribution is 2.22. The Morgan fingerprint density at radius 1 is 1.32 bits per heavy atom. The molecule has 7 heteroatoms. The Balaban J connectivity index is 2.02. The van der Waals surface area contributed by atoms with Gasteiger partial charge in [-0.25, -0.2) is 4.39 Å². The van der Waals surface area contributed by atoms with E-state index in [4.69, 9.17) is 0 Å². The monoisotopic (exact) mass is 344 g/mol. The molecule has 1 heterocycles. The molecule has 0 aliphatic heterocycles. The van der Waals surface area contributed by atoms with Gasteiger partial charge in [0, 0.05) is 29.6 Å². The van der Waals surface area contributed by atoms with Crippen molar-refractivity contribution in [3.63, 3.8) is 0 Å².